The molecule has 0 amide bonds. The second kappa shape index (κ2) is 5.17. The third-order valence-electron chi connectivity index (χ3n) is 3.08. The van der Waals surface area contributed by atoms with E-state index in [1.807, 2.05) is 18.7 Å². The van der Waals surface area contributed by atoms with Crippen molar-refractivity contribution >= 4 is 17.5 Å². The number of hydrogen-bond acceptors (Lipinski definition) is 8. The van der Waals surface area contributed by atoms with Crippen molar-refractivity contribution in [1.29, 1.82) is 0 Å². The van der Waals surface area contributed by atoms with Crippen molar-refractivity contribution in [2.45, 2.75) is 26.4 Å². The Bertz CT molecular complexity index is 533. The number of aromatic nitrogens is 2. The van der Waals surface area contributed by atoms with Gasteiger partial charge in [0.2, 0.25) is 11.8 Å². The van der Waals surface area contributed by atoms with Crippen molar-refractivity contribution in [2.24, 2.45) is 5.84 Å². The van der Waals surface area contributed by atoms with E-state index in [-0.39, 0.29) is 28.7 Å². The van der Waals surface area contributed by atoms with E-state index in [4.69, 9.17) is 10.6 Å². The molecule has 2 rings (SSSR count). The number of aryl methyl sites for hydroxylation is 1. The zero-order valence-corrected chi connectivity index (χ0v) is 11.7. The van der Waals surface area contributed by atoms with Gasteiger partial charge >= 0.3 is 5.69 Å². The van der Waals surface area contributed by atoms with Gasteiger partial charge in [-0.25, -0.2) is 10.8 Å². The van der Waals surface area contributed by atoms with Crippen LogP contribution in [0.1, 0.15) is 19.5 Å². The summed E-state index contributed by atoms with van der Waals surface area (Å²) in [6.07, 6.45) is 0. The minimum Gasteiger partial charge on any atom is -0.372 e. The van der Waals surface area contributed by atoms with Gasteiger partial charge in [0.25, 0.3) is 0 Å². The molecule has 1 saturated heterocycles. The summed E-state index contributed by atoms with van der Waals surface area (Å²) in [5, 5.41) is 11.3. The zero-order chi connectivity index (χ0) is 14.9. The van der Waals surface area contributed by atoms with Crippen LogP contribution >= 0.6 is 0 Å². The Balaban J connectivity index is 2.48. The maximum absolute atomic E-state index is 11.3. The van der Waals surface area contributed by atoms with E-state index in [0.29, 0.717) is 19.7 Å². The second-order valence-corrected chi connectivity index (χ2v) is 5.24. The van der Waals surface area contributed by atoms with Crippen LogP contribution in [-0.2, 0) is 4.74 Å². The standard InChI is InChI=1S/C11H18N6O3/c1-7-8(17(18)19)9(14-10(13-7)15-12)16-4-5-20-11(2,3)6-16/h4-6,12H2,1-3H3,(H,13,14,15). The molecule has 1 aliphatic heterocycles. The van der Waals surface area contributed by atoms with Gasteiger partial charge in [0, 0.05) is 13.1 Å². The van der Waals surface area contributed by atoms with Crippen LogP contribution in [-0.4, -0.2) is 40.2 Å². The van der Waals surface area contributed by atoms with Crippen molar-refractivity contribution in [2.75, 3.05) is 30.0 Å². The van der Waals surface area contributed by atoms with E-state index < -0.39 is 4.92 Å². The van der Waals surface area contributed by atoms with Crippen LogP contribution in [0.15, 0.2) is 0 Å². The van der Waals surface area contributed by atoms with Gasteiger partial charge in [-0.2, -0.15) is 4.98 Å². The average Bonchev–Trinajstić information content (AvgIpc) is 2.35. The monoisotopic (exact) mass is 282 g/mol. The first-order chi connectivity index (χ1) is 9.34. The number of ether oxygens (including phenoxy) is 1. The number of nitrogen functional groups attached to an aromatic ring is 1. The second-order valence-electron chi connectivity index (χ2n) is 5.24. The minimum atomic E-state index is -0.465. The van der Waals surface area contributed by atoms with Gasteiger partial charge in [-0.05, 0) is 20.8 Å². The van der Waals surface area contributed by atoms with E-state index in [9.17, 15) is 10.1 Å². The fourth-order valence-electron chi connectivity index (χ4n) is 2.25. The predicted octanol–water partition coefficient (Wildman–Crippen LogP) is 0.594. The topological polar surface area (TPSA) is 119 Å². The maximum atomic E-state index is 11.3. The molecule has 9 heteroatoms. The molecule has 1 aromatic heterocycles. The summed E-state index contributed by atoms with van der Waals surface area (Å²) in [6, 6.07) is 0. The molecule has 2 heterocycles. The Kier molecular flexibility index (Phi) is 3.73. The van der Waals surface area contributed by atoms with E-state index in [1.165, 1.54) is 0 Å². The van der Waals surface area contributed by atoms with Crippen molar-refractivity contribution in [3.05, 3.63) is 15.8 Å². The van der Waals surface area contributed by atoms with Crippen LogP contribution in [0.2, 0.25) is 0 Å². The molecule has 0 radical (unpaired) electrons. The van der Waals surface area contributed by atoms with Crippen LogP contribution in [0, 0.1) is 17.0 Å². The molecule has 9 nitrogen and oxygen atoms in total. The first-order valence-corrected chi connectivity index (χ1v) is 6.22. The smallest absolute Gasteiger partial charge is 0.332 e. The Morgan fingerprint density at radius 3 is 2.75 bits per heavy atom. The molecule has 1 aliphatic rings. The Hall–Kier alpha value is -2.00. The maximum Gasteiger partial charge on any atom is 0.332 e. The van der Waals surface area contributed by atoms with Crippen molar-refractivity contribution < 1.29 is 9.66 Å². The van der Waals surface area contributed by atoms with Crippen LogP contribution in [0.25, 0.3) is 0 Å². The molecule has 110 valence electrons. The number of anilines is 2. The summed E-state index contributed by atoms with van der Waals surface area (Å²) in [5.74, 6) is 5.74. The number of hydrazine groups is 1. The predicted molar refractivity (Wildman–Crippen MR) is 73.5 cm³/mol. The number of nitrogens with one attached hydrogen (secondary N) is 1. The highest BCUT2D eigenvalue weighted by Gasteiger charge is 2.33. The van der Waals surface area contributed by atoms with Gasteiger partial charge in [-0.3, -0.25) is 15.5 Å². The summed E-state index contributed by atoms with van der Waals surface area (Å²) < 4.78 is 5.61. The van der Waals surface area contributed by atoms with Gasteiger partial charge in [-0.1, -0.05) is 0 Å². The van der Waals surface area contributed by atoms with Crippen molar-refractivity contribution in [3.63, 3.8) is 0 Å². The fourth-order valence-corrected chi connectivity index (χ4v) is 2.25. The quantitative estimate of drug-likeness (QED) is 0.469. The molecule has 1 aromatic rings. The molecule has 0 aromatic carbocycles. The summed E-state index contributed by atoms with van der Waals surface area (Å²) in [7, 11) is 0. The molecule has 0 spiro atoms. The molecule has 0 bridgehead atoms. The van der Waals surface area contributed by atoms with Gasteiger partial charge in [0.1, 0.15) is 5.69 Å². The van der Waals surface area contributed by atoms with Crippen molar-refractivity contribution in [1.82, 2.24) is 9.97 Å². The van der Waals surface area contributed by atoms with Gasteiger partial charge in [0.15, 0.2) is 0 Å². The van der Waals surface area contributed by atoms with Gasteiger partial charge in [0.05, 0.1) is 17.1 Å². The van der Waals surface area contributed by atoms with Crippen LogP contribution < -0.4 is 16.2 Å². The molecule has 0 unspecified atom stereocenters. The summed E-state index contributed by atoms with van der Waals surface area (Å²) in [4.78, 5) is 20.7. The highest BCUT2D eigenvalue weighted by atomic mass is 16.6. The highest BCUT2D eigenvalue weighted by Crippen LogP contribution is 2.32. The molecule has 3 N–H and O–H groups in total. The lowest BCUT2D eigenvalue weighted by atomic mass is 10.1. The average molecular weight is 282 g/mol. The number of hydrogen-bond donors (Lipinski definition) is 2. The normalized spacial score (nSPS) is 17.9. The highest BCUT2D eigenvalue weighted by molar-refractivity contribution is 5.62. The molecular formula is C11H18N6O3. The van der Waals surface area contributed by atoms with E-state index in [2.05, 4.69) is 15.4 Å². The summed E-state index contributed by atoms with van der Waals surface area (Å²) in [5.41, 5.74) is 2.12. The van der Waals surface area contributed by atoms with Crippen LogP contribution in [0.3, 0.4) is 0 Å². The van der Waals surface area contributed by atoms with Gasteiger partial charge in [-0.15, -0.1) is 0 Å². The molecule has 20 heavy (non-hydrogen) atoms. The third kappa shape index (κ3) is 2.78. The van der Waals surface area contributed by atoms with Crippen LogP contribution in [0.4, 0.5) is 17.5 Å². The Morgan fingerprint density at radius 2 is 2.20 bits per heavy atom. The molecule has 0 aliphatic carbocycles. The first kappa shape index (κ1) is 14.4. The largest absolute Gasteiger partial charge is 0.372 e. The summed E-state index contributed by atoms with van der Waals surface area (Å²) >= 11 is 0. The van der Waals surface area contributed by atoms with Gasteiger partial charge < -0.3 is 9.64 Å². The Morgan fingerprint density at radius 1 is 1.50 bits per heavy atom. The fraction of sp³-hybridized carbons (Fsp3) is 0.636. The molecular weight excluding hydrogens is 264 g/mol. The van der Waals surface area contributed by atoms with E-state index in [1.54, 1.807) is 6.92 Å². The van der Waals surface area contributed by atoms with E-state index in [0.717, 1.165) is 0 Å². The summed E-state index contributed by atoms with van der Waals surface area (Å²) in [6.45, 7) is 6.95. The van der Waals surface area contributed by atoms with Crippen LogP contribution in [0.5, 0.6) is 0 Å². The molecule has 1 fully saturated rings. The van der Waals surface area contributed by atoms with E-state index >= 15 is 0 Å². The first-order valence-electron chi connectivity index (χ1n) is 6.22. The number of nitrogens with two attached hydrogens (primary N) is 1. The number of nitro groups is 1. The molecule has 0 saturated carbocycles. The van der Waals surface area contributed by atoms with Crippen molar-refractivity contribution in [3.8, 4) is 0 Å². The zero-order valence-electron chi connectivity index (χ0n) is 11.7. The lowest BCUT2D eigenvalue weighted by molar-refractivity contribution is -0.385. The molecule has 0 atom stereocenters. The lowest BCUT2D eigenvalue weighted by Crippen LogP contribution is -2.49. The number of nitrogens with zero attached hydrogens (tertiary/aromatic N) is 4. The lowest BCUT2D eigenvalue weighted by Gasteiger charge is -2.38. The number of rotatable bonds is 3. The third-order valence-corrected chi connectivity index (χ3v) is 3.08. The Labute approximate surface area is 116 Å². The minimum absolute atomic E-state index is 0.0956. The number of morpholine rings is 1. The SMILES string of the molecule is Cc1nc(NN)nc(N2CCOC(C)(C)C2)c1[N+](=O)[O-].